The van der Waals surface area contributed by atoms with Crippen LogP contribution in [0.1, 0.15) is 51.0 Å². The highest BCUT2D eigenvalue weighted by atomic mass is 32.2. The zero-order valence-corrected chi connectivity index (χ0v) is 13.9. The van der Waals surface area contributed by atoms with Gasteiger partial charge in [-0.25, -0.2) is 13.6 Å². The molecule has 7 heteroatoms. The summed E-state index contributed by atoms with van der Waals surface area (Å²) in [5.74, 6) is 0.251. The van der Waals surface area contributed by atoms with E-state index >= 15 is 0 Å². The van der Waals surface area contributed by atoms with Crippen molar-refractivity contribution in [2.24, 2.45) is 11.1 Å². The maximum Gasteiger partial charge on any atom is 0.268 e. The summed E-state index contributed by atoms with van der Waals surface area (Å²) in [6.07, 6.45) is 3.34. The Hall–Kier alpha value is -1.34. The third-order valence-corrected chi connectivity index (χ3v) is 4.48. The fourth-order valence-electron chi connectivity index (χ4n) is 2.22. The van der Waals surface area contributed by atoms with E-state index in [-0.39, 0.29) is 16.8 Å². The Bertz CT molecular complexity index is 593. The molecule has 1 rings (SSSR count). The van der Waals surface area contributed by atoms with Crippen molar-refractivity contribution in [3.63, 3.8) is 0 Å². The average molecular weight is 315 g/mol. The molecule has 0 saturated carbocycles. The number of carbonyl (C=O) groups is 1. The summed E-state index contributed by atoms with van der Waals surface area (Å²) in [6, 6.07) is 1.36. The van der Waals surface area contributed by atoms with Crippen molar-refractivity contribution in [3.05, 3.63) is 18.0 Å². The molecule has 3 N–H and O–H groups in total. The van der Waals surface area contributed by atoms with Gasteiger partial charge in [-0.3, -0.25) is 4.79 Å². The minimum absolute atomic E-state index is 0.0330. The molecule has 21 heavy (non-hydrogen) atoms. The normalized spacial score (nSPS) is 14.7. The second-order valence-corrected chi connectivity index (χ2v) is 7.08. The fraction of sp³-hybridized carbons (Fsp3) is 0.643. The Morgan fingerprint density at radius 3 is 2.48 bits per heavy atom. The van der Waals surface area contributed by atoms with Crippen molar-refractivity contribution in [1.29, 1.82) is 0 Å². The van der Waals surface area contributed by atoms with Gasteiger partial charge < -0.3 is 9.88 Å². The first kappa shape index (κ1) is 17.7. The highest BCUT2D eigenvalue weighted by Gasteiger charge is 2.20. The molecule has 1 aromatic heterocycles. The molecule has 0 aromatic carbocycles. The number of hydrogen-bond donors (Lipinski definition) is 2. The molecule has 1 amide bonds. The molecule has 0 aliphatic carbocycles. The topological polar surface area (TPSA) is 94.2 Å². The second kappa shape index (κ2) is 7.09. The van der Waals surface area contributed by atoms with Crippen LogP contribution >= 0.6 is 0 Å². The van der Waals surface area contributed by atoms with Crippen molar-refractivity contribution < 1.29 is 13.2 Å². The summed E-state index contributed by atoms with van der Waals surface area (Å²) in [4.78, 5) is 12.2. The Labute approximate surface area is 126 Å². The third-order valence-electron chi connectivity index (χ3n) is 3.60. The van der Waals surface area contributed by atoms with Gasteiger partial charge >= 0.3 is 0 Å². The summed E-state index contributed by atoms with van der Waals surface area (Å²) in [6.45, 7) is 8.53. The largest absolute Gasteiger partial charge is 0.348 e. The molecule has 2 unspecified atom stereocenters. The standard InChI is InChI=1S/C14H25N3O3S/c1-5-10(3)7-11(4)16-14(18)13-8-12(21(15,19)20)9-17(13)6-2/h8-11H,5-7H2,1-4H3,(H,16,18)(H2,15,19,20). The Balaban J connectivity index is 2.90. The van der Waals surface area contributed by atoms with Crippen LogP contribution < -0.4 is 10.5 Å². The highest BCUT2D eigenvalue weighted by Crippen LogP contribution is 2.14. The molecule has 1 aromatic rings. The number of nitrogens with zero attached hydrogens (tertiary/aromatic N) is 1. The number of rotatable bonds is 7. The molecular weight excluding hydrogens is 290 g/mol. The summed E-state index contributed by atoms with van der Waals surface area (Å²) < 4.78 is 24.3. The van der Waals surface area contributed by atoms with Gasteiger partial charge in [0.2, 0.25) is 10.0 Å². The molecule has 0 fully saturated rings. The number of primary sulfonamides is 1. The van der Waals surface area contributed by atoms with Crippen molar-refractivity contribution in [2.45, 2.75) is 58.0 Å². The zero-order chi connectivity index (χ0) is 16.2. The molecule has 6 nitrogen and oxygen atoms in total. The highest BCUT2D eigenvalue weighted by molar-refractivity contribution is 7.89. The Kier molecular flexibility index (Phi) is 5.98. The number of carbonyl (C=O) groups excluding carboxylic acids is 1. The number of nitrogens with two attached hydrogens (primary N) is 1. The van der Waals surface area contributed by atoms with Crippen LogP contribution in [-0.4, -0.2) is 24.9 Å². The molecule has 2 atom stereocenters. The lowest BCUT2D eigenvalue weighted by atomic mass is 10.0. The van der Waals surface area contributed by atoms with E-state index in [0.717, 1.165) is 12.8 Å². The predicted octanol–water partition coefficient (Wildman–Crippen LogP) is 1.71. The lowest BCUT2D eigenvalue weighted by molar-refractivity contribution is 0.0926. The monoisotopic (exact) mass is 315 g/mol. The van der Waals surface area contributed by atoms with Gasteiger partial charge in [-0.15, -0.1) is 0 Å². The number of sulfonamides is 1. The number of aromatic nitrogens is 1. The van der Waals surface area contributed by atoms with E-state index in [4.69, 9.17) is 5.14 Å². The molecule has 0 spiro atoms. The summed E-state index contributed by atoms with van der Waals surface area (Å²) >= 11 is 0. The Morgan fingerprint density at radius 2 is 2.00 bits per heavy atom. The first-order valence-corrected chi connectivity index (χ1v) is 8.77. The van der Waals surface area contributed by atoms with E-state index in [0.29, 0.717) is 18.2 Å². The van der Waals surface area contributed by atoms with Gasteiger partial charge in [-0.05, 0) is 32.3 Å². The van der Waals surface area contributed by atoms with Crippen LogP contribution in [0.2, 0.25) is 0 Å². The number of amides is 1. The van der Waals surface area contributed by atoms with Crippen LogP contribution in [0.15, 0.2) is 17.2 Å². The molecule has 120 valence electrons. The van der Waals surface area contributed by atoms with Crippen molar-refractivity contribution in [3.8, 4) is 0 Å². The van der Waals surface area contributed by atoms with Gasteiger partial charge in [0, 0.05) is 18.8 Å². The van der Waals surface area contributed by atoms with Crippen LogP contribution in [0.25, 0.3) is 0 Å². The summed E-state index contributed by atoms with van der Waals surface area (Å²) in [7, 11) is -3.80. The van der Waals surface area contributed by atoms with Crippen molar-refractivity contribution in [1.82, 2.24) is 9.88 Å². The van der Waals surface area contributed by atoms with E-state index < -0.39 is 10.0 Å². The van der Waals surface area contributed by atoms with E-state index in [1.54, 1.807) is 4.57 Å². The van der Waals surface area contributed by atoms with Gasteiger partial charge in [-0.2, -0.15) is 0 Å². The summed E-state index contributed by atoms with van der Waals surface area (Å²) in [5.41, 5.74) is 0.317. The van der Waals surface area contributed by atoms with E-state index in [2.05, 4.69) is 19.2 Å². The number of aryl methyl sites for hydroxylation is 1. The van der Waals surface area contributed by atoms with Crippen LogP contribution in [0.4, 0.5) is 0 Å². The number of hydrogen-bond acceptors (Lipinski definition) is 3. The van der Waals surface area contributed by atoms with Gasteiger partial charge in [0.1, 0.15) is 10.6 Å². The minimum atomic E-state index is -3.80. The van der Waals surface area contributed by atoms with Crippen LogP contribution in [-0.2, 0) is 16.6 Å². The zero-order valence-electron chi connectivity index (χ0n) is 13.1. The second-order valence-electron chi connectivity index (χ2n) is 5.52. The van der Waals surface area contributed by atoms with E-state index in [9.17, 15) is 13.2 Å². The van der Waals surface area contributed by atoms with Crippen molar-refractivity contribution >= 4 is 15.9 Å². The van der Waals surface area contributed by atoms with Gasteiger partial charge in [0.05, 0.1) is 0 Å². The average Bonchev–Trinajstić information content (AvgIpc) is 2.82. The quantitative estimate of drug-likeness (QED) is 0.802. The van der Waals surface area contributed by atoms with Crippen LogP contribution in [0.5, 0.6) is 0 Å². The molecule has 1 heterocycles. The molecule has 0 aliphatic heterocycles. The third kappa shape index (κ3) is 4.86. The first-order valence-electron chi connectivity index (χ1n) is 7.22. The van der Waals surface area contributed by atoms with Crippen molar-refractivity contribution in [2.75, 3.05) is 0 Å². The molecule has 0 radical (unpaired) electrons. The lowest BCUT2D eigenvalue weighted by Crippen LogP contribution is -2.34. The van der Waals surface area contributed by atoms with Crippen LogP contribution in [0, 0.1) is 5.92 Å². The first-order chi connectivity index (χ1) is 9.68. The lowest BCUT2D eigenvalue weighted by Gasteiger charge is -2.18. The maximum atomic E-state index is 12.3. The van der Waals surface area contributed by atoms with Gasteiger partial charge in [0.25, 0.3) is 5.91 Å². The molecule has 0 bridgehead atoms. The maximum absolute atomic E-state index is 12.3. The summed E-state index contributed by atoms with van der Waals surface area (Å²) in [5, 5.41) is 8.01. The SMILES string of the molecule is CCC(C)CC(C)NC(=O)c1cc(S(N)(=O)=O)cn1CC. The molecule has 0 saturated heterocycles. The number of nitrogens with one attached hydrogen (secondary N) is 1. The Morgan fingerprint density at radius 1 is 1.38 bits per heavy atom. The van der Waals surface area contributed by atoms with Crippen LogP contribution in [0.3, 0.4) is 0 Å². The van der Waals surface area contributed by atoms with Gasteiger partial charge in [0.15, 0.2) is 0 Å². The predicted molar refractivity (Wildman–Crippen MR) is 82.5 cm³/mol. The fourth-order valence-corrected chi connectivity index (χ4v) is 2.77. The van der Waals surface area contributed by atoms with E-state index in [1.807, 2.05) is 13.8 Å². The molecular formula is C14H25N3O3S. The molecule has 0 aliphatic rings. The minimum Gasteiger partial charge on any atom is -0.348 e. The van der Waals surface area contributed by atoms with Gasteiger partial charge in [-0.1, -0.05) is 20.3 Å². The smallest absolute Gasteiger partial charge is 0.268 e. The van der Waals surface area contributed by atoms with E-state index in [1.165, 1.54) is 12.3 Å².